The first-order valence-electron chi connectivity index (χ1n) is 5.03. The van der Waals surface area contributed by atoms with Crippen molar-refractivity contribution in [1.29, 1.82) is 0 Å². The first kappa shape index (κ1) is 17.5. The molecule has 0 amide bonds. The van der Waals surface area contributed by atoms with Gasteiger partial charge in [-0.1, -0.05) is 45.0 Å². The van der Waals surface area contributed by atoms with Gasteiger partial charge in [-0.05, 0) is 30.2 Å². The summed E-state index contributed by atoms with van der Waals surface area (Å²) >= 11 is 5.25. The third kappa shape index (κ3) is 4.44. The molecule has 0 aliphatic rings. The Hall–Kier alpha value is 0.400. The summed E-state index contributed by atoms with van der Waals surface area (Å²) in [5, 5.41) is 0. The summed E-state index contributed by atoms with van der Waals surface area (Å²) in [5.74, 6) is 0. The second-order valence-corrected chi connectivity index (χ2v) is 8.23. The SMILES string of the molecule is Cc1ssc(=S)c1Cc1ccc(S(=O)(=O)O)cc1.[Na+]. The summed E-state index contributed by atoms with van der Waals surface area (Å²) in [6, 6.07) is 6.19. The van der Waals surface area contributed by atoms with Crippen molar-refractivity contribution in [3.63, 3.8) is 0 Å². The van der Waals surface area contributed by atoms with Gasteiger partial charge in [0.05, 0.1) is 4.90 Å². The molecule has 2 aromatic rings. The van der Waals surface area contributed by atoms with Crippen molar-refractivity contribution >= 4 is 43.0 Å². The molecule has 19 heavy (non-hydrogen) atoms. The van der Waals surface area contributed by atoms with Crippen molar-refractivity contribution in [3.8, 4) is 0 Å². The molecule has 0 saturated carbocycles. The van der Waals surface area contributed by atoms with Crippen molar-refractivity contribution in [2.24, 2.45) is 0 Å². The summed E-state index contributed by atoms with van der Waals surface area (Å²) < 4.78 is 31.6. The monoisotopic (exact) mass is 341 g/mol. The van der Waals surface area contributed by atoms with E-state index in [1.165, 1.54) is 17.0 Å². The van der Waals surface area contributed by atoms with E-state index in [4.69, 9.17) is 16.8 Å². The maximum Gasteiger partial charge on any atom is 1.00 e. The van der Waals surface area contributed by atoms with Crippen molar-refractivity contribution in [3.05, 3.63) is 44.1 Å². The van der Waals surface area contributed by atoms with Gasteiger partial charge >= 0.3 is 29.6 Å². The van der Waals surface area contributed by atoms with E-state index in [1.54, 1.807) is 32.8 Å². The van der Waals surface area contributed by atoms with Crippen molar-refractivity contribution in [2.75, 3.05) is 0 Å². The molecule has 3 nitrogen and oxygen atoms in total. The molecule has 0 aliphatic heterocycles. The Morgan fingerprint density at radius 1 is 1.21 bits per heavy atom. The van der Waals surface area contributed by atoms with E-state index in [1.807, 2.05) is 6.92 Å². The van der Waals surface area contributed by atoms with Crippen molar-refractivity contribution < 1.29 is 42.5 Å². The maximum atomic E-state index is 10.9. The Kier molecular flexibility index (Phi) is 6.34. The van der Waals surface area contributed by atoms with Crippen LogP contribution in [0.4, 0.5) is 0 Å². The molecular weight excluding hydrogens is 331 g/mol. The van der Waals surface area contributed by atoms with E-state index in [0.29, 0.717) is 6.42 Å². The summed E-state index contributed by atoms with van der Waals surface area (Å²) in [5.41, 5.74) is 2.10. The van der Waals surface area contributed by atoms with Crippen LogP contribution >= 0.6 is 32.9 Å². The summed E-state index contributed by atoms with van der Waals surface area (Å²) in [7, 11) is -0.877. The van der Waals surface area contributed by atoms with Crippen LogP contribution in [0.15, 0.2) is 29.2 Å². The topological polar surface area (TPSA) is 54.4 Å². The Morgan fingerprint density at radius 3 is 2.21 bits per heavy atom. The molecule has 0 atom stereocenters. The van der Waals surface area contributed by atoms with E-state index in [-0.39, 0.29) is 34.5 Å². The van der Waals surface area contributed by atoms with Crippen LogP contribution in [0.3, 0.4) is 0 Å². The zero-order valence-electron chi connectivity index (χ0n) is 10.4. The number of aryl methyl sites for hydroxylation is 1. The van der Waals surface area contributed by atoms with Crippen molar-refractivity contribution in [2.45, 2.75) is 18.2 Å². The summed E-state index contributed by atoms with van der Waals surface area (Å²) in [6.45, 7) is 2.03. The molecule has 1 aromatic carbocycles. The molecule has 1 N–H and O–H groups in total. The first-order chi connectivity index (χ1) is 8.38. The zero-order chi connectivity index (χ0) is 13.3. The van der Waals surface area contributed by atoms with Crippen LogP contribution in [0.2, 0.25) is 0 Å². The van der Waals surface area contributed by atoms with E-state index >= 15 is 0 Å². The van der Waals surface area contributed by atoms with Gasteiger partial charge in [0.25, 0.3) is 10.1 Å². The van der Waals surface area contributed by atoms with E-state index in [9.17, 15) is 8.42 Å². The van der Waals surface area contributed by atoms with Gasteiger partial charge in [0.1, 0.15) is 3.82 Å². The number of rotatable bonds is 3. The van der Waals surface area contributed by atoms with Gasteiger partial charge in [-0.15, -0.1) is 0 Å². The summed E-state index contributed by atoms with van der Waals surface area (Å²) in [6.07, 6.45) is 0.691. The molecule has 1 aromatic heterocycles. The van der Waals surface area contributed by atoms with Gasteiger partial charge in [0.15, 0.2) is 0 Å². The number of hydrogen-bond acceptors (Lipinski definition) is 5. The minimum Gasteiger partial charge on any atom is -0.282 e. The first-order valence-corrected chi connectivity index (χ1v) is 9.03. The number of benzene rings is 1. The van der Waals surface area contributed by atoms with Crippen molar-refractivity contribution in [1.82, 2.24) is 0 Å². The Balaban J connectivity index is 0.00000180. The fourth-order valence-electron chi connectivity index (χ4n) is 1.52. The molecule has 0 spiro atoms. The molecule has 0 radical (unpaired) electrons. The molecule has 0 saturated heterocycles. The Morgan fingerprint density at radius 2 is 1.79 bits per heavy atom. The molecule has 8 heteroatoms. The van der Waals surface area contributed by atoms with Gasteiger partial charge < -0.3 is 0 Å². The molecule has 96 valence electrons. The zero-order valence-corrected chi connectivity index (χ0v) is 15.7. The molecule has 0 aliphatic carbocycles. The van der Waals surface area contributed by atoms with Gasteiger partial charge in [0, 0.05) is 11.3 Å². The fourth-order valence-corrected chi connectivity index (χ4v) is 4.67. The third-order valence-electron chi connectivity index (χ3n) is 2.52. The molecule has 2 rings (SSSR count). The van der Waals surface area contributed by atoms with Gasteiger partial charge in [0.2, 0.25) is 0 Å². The van der Waals surface area contributed by atoms with Crippen LogP contribution in [0.5, 0.6) is 0 Å². The normalized spacial score (nSPS) is 11.1. The van der Waals surface area contributed by atoms with Crippen LogP contribution in [0, 0.1) is 10.7 Å². The van der Waals surface area contributed by atoms with Gasteiger partial charge in [-0.3, -0.25) is 4.55 Å². The second-order valence-electron chi connectivity index (χ2n) is 3.78. The van der Waals surface area contributed by atoms with Crippen LogP contribution in [-0.4, -0.2) is 13.0 Å². The van der Waals surface area contributed by atoms with Gasteiger partial charge in [-0.2, -0.15) is 8.42 Å². The van der Waals surface area contributed by atoms with Gasteiger partial charge in [-0.25, -0.2) is 0 Å². The fraction of sp³-hybridized carbons (Fsp3) is 0.182. The smallest absolute Gasteiger partial charge is 0.282 e. The quantitative estimate of drug-likeness (QED) is 0.386. The molecule has 1 heterocycles. The summed E-state index contributed by atoms with van der Waals surface area (Å²) in [4.78, 5) is 1.11. The average molecular weight is 341 g/mol. The Labute approximate surface area is 146 Å². The van der Waals surface area contributed by atoms with Crippen LogP contribution in [0.25, 0.3) is 0 Å². The maximum absolute atomic E-state index is 10.9. The van der Waals surface area contributed by atoms with E-state index in [0.717, 1.165) is 15.0 Å². The molecular formula is C11H10NaO3S4+. The largest absolute Gasteiger partial charge is 1.00 e. The minimum absolute atomic E-state index is 0. The average Bonchev–Trinajstić information content (AvgIpc) is 2.60. The molecule has 0 fully saturated rings. The predicted octanol–water partition coefficient (Wildman–Crippen LogP) is 0.689. The van der Waals surface area contributed by atoms with E-state index < -0.39 is 10.1 Å². The molecule has 0 unspecified atom stereocenters. The van der Waals surface area contributed by atoms with Crippen LogP contribution in [-0.2, 0) is 16.5 Å². The van der Waals surface area contributed by atoms with E-state index in [2.05, 4.69) is 0 Å². The van der Waals surface area contributed by atoms with Crippen LogP contribution in [0.1, 0.15) is 16.0 Å². The molecule has 0 bridgehead atoms. The standard InChI is InChI=1S/C11H10O3S4.Na/c1-7-10(11(15)17-16-7)6-8-2-4-9(5-3-8)18(12,13)14;/h2-5H,6H2,1H3,(H,12,13,14);/q;+1. The number of hydrogen-bond donors (Lipinski definition) is 1. The second kappa shape index (κ2) is 6.91. The predicted molar refractivity (Wildman–Crippen MR) is 76.8 cm³/mol. The Bertz CT molecular complexity index is 713. The van der Waals surface area contributed by atoms with Crippen LogP contribution < -0.4 is 29.6 Å². The minimum atomic E-state index is -4.11. The third-order valence-corrected chi connectivity index (χ3v) is 6.67.